The molecule has 0 saturated heterocycles. The van der Waals surface area contributed by atoms with Gasteiger partial charge in [-0.25, -0.2) is 0 Å². The van der Waals surface area contributed by atoms with E-state index in [1.54, 1.807) is 12.3 Å². The normalized spacial score (nSPS) is 11.2. The second-order valence-corrected chi connectivity index (χ2v) is 5.59. The fourth-order valence-electron chi connectivity index (χ4n) is 1.78. The van der Waals surface area contributed by atoms with Crippen molar-refractivity contribution in [3.05, 3.63) is 56.5 Å². The lowest BCUT2D eigenvalue weighted by atomic mass is 10.0. The van der Waals surface area contributed by atoms with Crippen molar-refractivity contribution in [1.82, 2.24) is 0 Å². The topological polar surface area (TPSA) is 32.6 Å². The number of nitrogens with zero attached hydrogens (tertiary/aromatic N) is 1. The van der Waals surface area contributed by atoms with Crippen molar-refractivity contribution in [3.63, 3.8) is 0 Å². The van der Waals surface area contributed by atoms with E-state index in [0.717, 1.165) is 21.3 Å². The molecule has 0 spiro atoms. The van der Waals surface area contributed by atoms with E-state index < -0.39 is 0 Å². The number of hydrogen-bond donors (Lipinski definition) is 1. The van der Waals surface area contributed by atoms with Crippen LogP contribution in [0.4, 0.5) is 5.69 Å². The summed E-state index contributed by atoms with van der Waals surface area (Å²) >= 11 is 9.55. The average molecular weight is 339 g/mol. The van der Waals surface area contributed by atoms with Crippen LogP contribution in [0.15, 0.2) is 39.8 Å². The molecule has 2 rings (SSSR count). The van der Waals surface area contributed by atoms with E-state index in [-0.39, 0.29) is 5.75 Å². The Balaban J connectivity index is 2.38. The van der Waals surface area contributed by atoms with E-state index in [9.17, 15) is 5.11 Å². The van der Waals surface area contributed by atoms with Gasteiger partial charge < -0.3 is 5.11 Å². The van der Waals surface area contributed by atoms with Crippen LogP contribution >= 0.6 is 27.5 Å². The molecule has 2 nitrogen and oxygen atoms in total. The predicted octanol–water partition coefficient (Wildman–Crippen LogP) is 5.18. The molecule has 0 radical (unpaired) electrons. The Morgan fingerprint density at radius 3 is 2.47 bits per heavy atom. The molecule has 0 aliphatic carbocycles. The summed E-state index contributed by atoms with van der Waals surface area (Å²) in [5.74, 6) is 0.195. The first-order valence-corrected chi connectivity index (χ1v) is 6.94. The van der Waals surface area contributed by atoms with Gasteiger partial charge >= 0.3 is 0 Å². The van der Waals surface area contributed by atoms with E-state index in [1.807, 2.05) is 38.1 Å². The number of phenols is 1. The number of benzene rings is 2. The molecule has 2 aromatic carbocycles. The van der Waals surface area contributed by atoms with Crippen molar-refractivity contribution in [2.75, 3.05) is 0 Å². The summed E-state index contributed by atoms with van der Waals surface area (Å²) in [7, 11) is 0. The monoisotopic (exact) mass is 337 g/mol. The SMILES string of the molecule is Cc1cc(O)c(C=Nc2ccc(Br)cc2)c(C)c1Cl. The Kier molecular flexibility index (Phi) is 4.27. The van der Waals surface area contributed by atoms with Crippen LogP contribution in [0.2, 0.25) is 5.02 Å². The van der Waals surface area contributed by atoms with Crippen molar-refractivity contribution >= 4 is 39.4 Å². The second kappa shape index (κ2) is 5.76. The quantitative estimate of drug-likeness (QED) is 0.752. The third kappa shape index (κ3) is 3.17. The molecule has 2 aromatic rings. The van der Waals surface area contributed by atoms with Crippen LogP contribution in [-0.4, -0.2) is 11.3 Å². The summed E-state index contributed by atoms with van der Waals surface area (Å²) in [6.45, 7) is 3.74. The van der Waals surface area contributed by atoms with Gasteiger partial charge in [0.15, 0.2) is 0 Å². The van der Waals surface area contributed by atoms with Gasteiger partial charge in [-0.2, -0.15) is 0 Å². The molecule has 0 bridgehead atoms. The minimum Gasteiger partial charge on any atom is -0.507 e. The van der Waals surface area contributed by atoms with E-state index in [4.69, 9.17) is 11.6 Å². The lowest BCUT2D eigenvalue weighted by molar-refractivity contribution is 0.473. The number of aliphatic imine (C=N–C) groups is 1. The van der Waals surface area contributed by atoms with Gasteiger partial charge in [-0.05, 0) is 55.3 Å². The van der Waals surface area contributed by atoms with Gasteiger partial charge in [0.2, 0.25) is 0 Å². The molecule has 0 aliphatic rings. The predicted molar refractivity (Wildman–Crippen MR) is 84.0 cm³/mol. The summed E-state index contributed by atoms with van der Waals surface area (Å²) in [4.78, 5) is 4.35. The Morgan fingerprint density at radius 1 is 1.21 bits per heavy atom. The highest BCUT2D eigenvalue weighted by atomic mass is 79.9. The molecule has 0 heterocycles. The van der Waals surface area contributed by atoms with E-state index in [0.29, 0.717) is 10.6 Å². The third-order valence-corrected chi connectivity index (χ3v) is 3.99. The van der Waals surface area contributed by atoms with Crippen LogP contribution in [0.1, 0.15) is 16.7 Å². The number of rotatable bonds is 2. The summed E-state index contributed by atoms with van der Waals surface area (Å²) in [6.07, 6.45) is 1.64. The molecule has 0 aliphatic heterocycles. The highest BCUT2D eigenvalue weighted by Gasteiger charge is 2.09. The van der Waals surface area contributed by atoms with Crippen molar-refractivity contribution in [2.24, 2.45) is 4.99 Å². The first-order valence-electron chi connectivity index (χ1n) is 5.77. The Hall–Kier alpha value is -1.32. The number of aromatic hydroxyl groups is 1. The number of phenolic OH excluding ortho intramolecular Hbond substituents is 1. The summed E-state index contributed by atoms with van der Waals surface area (Å²) in [6, 6.07) is 9.27. The fraction of sp³-hybridized carbons (Fsp3) is 0.133. The molecule has 98 valence electrons. The molecule has 0 amide bonds. The molecule has 19 heavy (non-hydrogen) atoms. The third-order valence-electron chi connectivity index (χ3n) is 2.88. The van der Waals surface area contributed by atoms with Crippen molar-refractivity contribution in [2.45, 2.75) is 13.8 Å². The maximum absolute atomic E-state index is 9.96. The van der Waals surface area contributed by atoms with Gasteiger partial charge in [0, 0.05) is 21.3 Å². The van der Waals surface area contributed by atoms with Crippen LogP contribution in [0.3, 0.4) is 0 Å². The molecular formula is C15H13BrClNO. The van der Waals surface area contributed by atoms with Gasteiger partial charge in [-0.1, -0.05) is 27.5 Å². The number of halogens is 2. The van der Waals surface area contributed by atoms with Gasteiger partial charge in [-0.3, -0.25) is 4.99 Å². The fourth-order valence-corrected chi connectivity index (χ4v) is 2.20. The molecule has 0 aromatic heterocycles. The van der Waals surface area contributed by atoms with Gasteiger partial charge in [0.25, 0.3) is 0 Å². The standard InChI is InChI=1S/C15H13BrClNO/c1-9-7-14(19)13(10(2)15(9)17)8-18-12-5-3-11(16)4-6-12/h3-8,19H,1-2H3. The molecule has 4 heteroatoms. The molecule has 0 fully saturated rings. The molecular weight excluding hydrogens is 326 g/mol. The van der Waals surface area contributed by atoms with Crippen molar-refractivity contribution in [1.29, 1.82) is 0 Å². The van der Waals surface area contributed by atoms with Gasteiger partial charge in [0.05, 0.1) is 5.69 Å². The van der Waals surface area contributed by atoms with Gasteiger partial charge in [0.1, 0.15) is 5.75 Å². The van der Waals surface area contributed by atoms with E-state index >= 15 is 0 Å². The highest BCUT2D eigenvalue weighted by molar-refractivity contribution is 9.10. The smallest absolute Gasteiger partial charge is 0.124 e. The van der Waals surface area contributed by atoms with Crippen molar-refractivity contribution < 1.29 is 5.11 Å². The zero-order valence-corrected chi connectivity index (χ0v) is 13.0. The molecule has 0 atom stereocenters. The second-order valence-electron chi connectivity index (χ2n) is 4.30. The minimum atomic E-state index is 0.195. The molecule has 0 saturated carbocycles. The molecule has 1 N–H and O–H groups in total. The highest BCUT2D eigenvalue weighted by Crippen LogP contribution is 2.30. The van der Waals surface area contributed by atoms with Crippen molar-refractivity contribution in [3.8, 4) is 5.75 Å². The Labute approximate surface area is 125 Å². The lowest BCUT2D eigenvalue weighted by Crippen LogP contribution is -1.92. The van der Waals surface area contributed by atoms with Crippen LogP contribution in [0.25, 0.3) is 0 Å². The number of hydrogen-bond acceptors (Lipinski definition) is 2. The minimum absolute atomic E-state index is 0.195. The number of aryl methyl sites for hydroxylation is 1. The Morgan fingerprint density at radius 2 is 1.84 bits per heavy atom. The van der Waals surface area contributed by atoms with Crippen LogP contribution in [0, 0.1) is 13.8 Å². The summed E-state index contributed by atoms with van der Waals surface area (Å²) in [5.41, 5.74) is 3.16. The largest absolute Gasteiger partial charge is 0.507 e. The van der Waals surface area contributed by atoms with E-state index in [2.05, 4.69) is 20.9 Å². The Bertz CT molecular complexity index is 636. The molecule has 0 unspecified atom stereocenters. The lowest BCUT2D eigenvalue weighted by Gasteiger charge is -2.08. The van der Waals surface area contributed by atoms with Crippen LogP contribution in [0.5, 0.6) is 5.75 Å². The maximum atomic E-state index is 9.96. The summed E-state index contributed by atoms with van der Waals surface area (Å²) < 4.78 is 1.00. The zero-order valence-electron chi connectivity index (χ0n) is 10.6. The van der Waals surface area contributed by atoms with Gasteiger partial charge in [-0.15, -0.1) is 0 Å². The summed E-state index contributed by atoms with van der Waals surface area (Å²) in [5, 5.41) is 10.6. The first kappa shape index (κ1) is 14.1. The van der Waals surface area contributed by atoms with Crippen LogP contribution < -0.4 is 0 Å². The van der Waals surface area contributed by atoms with Crippen LogP contribution in [-0.2, 0) is 0 Å². The van der Waals surface area contributed by atoms with E-state index in [1.165, 1.54) is 0 Å². The zero-order chi connectivity index (χ0) is 14.0. The first-order chi connectivity index (χ1) is 8.99. The maximum Gasteiger partial charge on any atom is 0.124 e. The average Bonchev–Trinajstić information content (AvgIpc) is 2.38.